The second-order valence-electron chi connectivity index (χ2n) is 6.75. The van der Waals surface area contributed by atoms with Crippen molar-refractivity contribution < 1.29 is 9.53 Å². The number of hydrogen-bond donors (Lipinski definition) is 1. The smallest absolute Gasteiger partial charge is 0.332 e. The summed E-state index contributed by atoms with van der Waals surface area (Å²) in [6, 6.07) is 16.1. The lowest BCUT2D eigenvalue weighted by Crippen LogP contribution is -2.42. The molecule has 0 unspecified atom stereocenters. The second kappa shape index (κ2) is 7.70. The third-order valence-electron chi connectivity index (χ3n) is 4.62. The van der Waals surface area contributed by atoms with Crippen molar-refractivity contribution in [3.8, 4) is 11.5 Å². The SMILES string of the molecule is Cn1cnc2c1c(=O)n(CC(=O)Nc1ccc(Oc3ccccc3)cc1)c(=O)n2C. The average Bonchev–Trinajstić information content (AvgIpc) is 3.13. The van der Waals surface area contributed by atoms with Gasteiger partial charge in [-0.3, -0.25) is 14.2 Å². The van der Waals surface area contributed by atoms with E-state index < -0.39 is 23.7 Å². The first-order valence-electron chi connectivity index (χ1n) is 9.17. The van der Waals surface area contributed by atoms with Crippen LogP contribution in [0.3, 0.4) is 0 Å². The molecule has 30 heavy (non-hydrogen) atoms. The van der Waals surface area contributed by atoms with E-state index in [0.29, 0.717) is 17.2 Å². The standard InChI is InChI=1S/C21H19N5O4/c1-24-13-22-19-18(24)20(28)26(21(29)25(19)2)12-17(27)23-14-8-10-16(11-9-14)30-15-6-4-3-5-7-15/h3-11,13H,12H2,1-2H3,(H,23,27). The summed E-state index contributed by atoms with van der Waals surface area (Å²) < 4.78 is 9.38. The van der Waals surface area contributed by atoms with Crippen molar-refractivity contribution in [1.29, 1.82) is 0 Å². The third-order valence-corrected chi connectivity index (χ3v) is 4.62. The van der Waals surface area contributed by atoms with Crippen molar-refractivity contribution in [2.75, 3.05) is 5.32 Å². The van der Waals surface area contributed by atoms with Gasteiger partial charge >= 0.3 is 5.69 Å². The Hall–Kier alpha value is -4.14. The fourth-order valence-electron chi connectivity index (χ4n) is 3.11. The molecule has 0 aliphatic carbocycles. The van der Waals surface area contributed by atoms with Gasteiger partial charge in [0, 0.05) is 19.8 Å². The molecule has 1 amide bonds. The van der Waals surface area contributed by atoms with Gasteiger partial charge in [-0.05, 0) is 36.4 Å². The number of carbonyl (C=O) groups excluding carboxylic acids is 1. The molecule has 0 fully saturated rings. The number of hydrogen-bond acceptors (Lipinski definition) is 5. The minimum Gasteiger partial charge on any atom is -0.457 e. The van der Waals surface area contributed by atoms with Gasteiger partial charge in [0.25, 0.3) is 5.56 Å². The highest BCUT2D eigenvalue weighted by molar-refractivity contribution is 5.90. The first-order valence-corrected chi connectivity index (χ1v) is 9.17. The van der Waals surface area contributed by atoms with E-state index in [1.165, 1.54) is 22.5 Å². The molecular weight excluding hydrogens is 386 g/mol. The lowest BCUT2D eigenvalue weighted by atomic mass is 10.3. The van der Waals surface area contributed by atoms with E-state index >= 15 is 0 Å². The number of carbonyl (C=O) groups is 1. The number of para-hydroxylation sites is 1. The number of imidazole rings is 1. The summed E-state index contributed by atoms with van der Waals surface area (Å²) in [4.78, 5) is 41.7. The predicted molar refractivity (Wildman–Crippen MR) is 112 cm³/mol. The summed E-state index contributed by atoms with van der Waals surface area (Å²) >= 11 is 0. The molecule has 2 aromatic heterocycles. The molecular formula is C21H19N5O4. The second-order valence-corrected chi connectivity index (χ2v) is 6.75. The average molecular weight is 405 g/mol. The number of ether oxygens (including phenoxy) is 1. The van der Waals surface area contributed by atoms with Crippen molar-refractivity contribution in [2.45, 2.75) is 6.54 Å². The lowest BCUT2D eigenvalue weighted by molar-refractivity contribution is -0.116. The normalized spacial score (nSPS) is 10.9. The topological polar surface area (TPSA) is 100 Å². The zero-order valence-electron chi connectivity index (χ0n) is 16.4. The number of rotatable bonds is 5. The minimum atomic E-state index is -0.604. The summed E-state index contributed by atoms with van der Waals surface area (Å²) in [5.41, 5.74) is -0.111. The molecule has 4 aromatic rings. The number of fused-ring (bicyclic) bond motifs is 1. The van der Waals surface area contributed by atoms with Gasteiger partial charge in [-0.1, -0.05) is 18.2 Å². The Morgan fingerprint density at radius 3 is 2.37 bits per heavy atom. The van der Waals surface area contributed by atoms with Gasteiger partial charge in [0.2, 0.25) is 5.91 Å². The zero-order chi connectivity index (χ0) is 21.3. The molecule has 1 N–H and O–H groups in total. The van der Waals surface area contributed by atoms with E-state index in [9.17, 15) is 14.4 Å². The van der Waals surface area contributed by atoms with Crippen LogP contribution >= 0.6 is 0 Å². The summed E-state index contributed by atoms with van der Waals surface area (Å²) in [6.45, 7) is -0.408. The molecule has 152 valence electrons. The summed E-state index contributed by atoms with van der Waals surface area (Å²) in [6.07, 6.45) is 1.45. The molecule has 0 spiro atoms. The van der Waals surface area contributed by atoms with Crippen LogP contribution in [0, 0.1) is 0 Å². The first-order chi connectivity index (χ1) is 14.4. The highest BCUT2D eigenvalue weighted by atomic mass is 16.5. The lowest BCUT2D eigenvalue weighted by Gasteiger charge is -2.10. The van der Waals surface area contributed by atoms with E-state index in [0.717, 1.165) is 4.57 Å². The Bertz CT molecular complexity index is 1330. The van der Waals surface area contributed by atoms with Gasteiger partial charge in [-0.2, -0.15) is 0 Å². The van der Waals surface area contributed by atoms with Crippen LogP contribution in [0.1, 0.15) is 0 Å². The summed E-state index contributed by atoms with van der Waals surface area (Å²) in [7, 11) is 3.17. The molecule has 0 aliphatic heterocycles. The van der Waals surface area contributed by atoms with E-state index in [2.05, 4.69) is 10.3 Å². The Labute approximate surface area is 170 Å². The quantitative estimate of drug-likeness (QED) is 0.546. The Kier molecular flexibility index (Phi) is 4.93. The minimum absolute atomic E-state index is 0.257. The van der Waals surface area contributed by atoms with Crippen molar-refractivity contribution in [2.24, 2.45) is 14.1 Å². The maximum Gasteiger partial charge on any atom is 0.332 e. The van der Waals surface area contributed by atoms with Crippen molar-refractivity contribution in [1.82, 2.24) is 18.7 Å². The molecule has 0 radical (unpaired) electrons. The Morgan fingerprint density at radius 1 is 1.00 bits per heavy atom. The highest BCUT2D eigenvalue weighted by Gasteiger charge is 2.17. The Balaban J connectivity index is 1.51. The molecule has 4 rings (SSSR count). The molecule has 0 atom stereocenters. The fraction of sp³-hybridized carbons (Fsp3) is 0.143. The van der Waals surface area contributed by atoms with Crippen LogP contribution in [0.2, 0.25) is 0 Å². The zero-order valence-corrected chi connectivity index (χ0v) is 16.4. The van der Waals surface area contributed by atoms with Crippen molar-refractivity contribution in [3.05, 3.63) is 81.8 Å². The van der Waals surface area contributed by atoms with Crippen molar-refractivity contribution in [3.63, 3.8) is 0 Å². The van der Waals surface area contributed by atoms with E-state index in [-0.39, 0.29) is 11.2 Å². The van der Waals surface area contributed by atoms with E-state index in [1.54, 1.807) is 31.3 Å². The highest BCUT2D eigenvalue weighted by Crippen LogP contribution is 2.22. The molecule has 2 heterocycles. The maximum absolute atomic E-state index is 12.7. The van der Waals surface area contributed by atoms with Crippen LogP contribution in [0.5, 0.6) is 11.5 Å². The molecule has 9 heteroatoms. The van der Waals surface area contributed by atoms with Crippen LogP contribution in [0.25, 0.3) is 11.2 Å². The Morgan fingerprint density at radius 2 is 1.67 bits per heavy atom. The number of anilines is 1. The number of benzene rings is 2. The number of aromatic nitrogens is 4. The molecule has 0 bridgehead atoms. The van der Waals surface area contributed by atoms with Gasteiger partial charge in [-0.25, -0.2) is 14.3 Å². The van der Waals surface area contributed by atoms with Gasteiger partial charge in [0.15, 0.2) is 11.2 Å². The number of aryl methyl sites for hydroxylation is 2. The van der Waals surface area contributed by atoms with Gasteiger partial charge in [-0.15, -0.1) is 0 Å². The monoisotopic (exact) mass is 405 g/mol. The van der Waals surface area contributed by atoms with Gasteiger partial charge < -0.3 is 14.6 Å². The third kappa shape index (κ3) is 3.60. The van der Waals surface area contributed by atoms with Crippen LogP contribution in [0.15, 0.2) is 70.5 Å². The van der Waals surface area contributed by atoms with Gasteiger partial charge in [0.1, 0.15) is 18.0 Å². The molecule has 9 nitrogen and oxygen atoms in total. The molecule has 0 aliphatic rings. The number of nitrogens with one attached hydrogen (secondary N) is 1. The van der Waals surface area contributed by atoms with Crippen LogP contribution in [-0.4, -0.2) is 24.6 Å². The van der Waals surface area contributed by atoms with Crippen LogP contribution in [0.4, 0.5) is 5.69 Å². The van der Waals surface area contributed by atoms with Crippen molar-refractivity contribution >= 4 is 22.8 Å². The number of amides is 1. The van der Waals surface area contributed by atoms with Crippen LogP contribution in [-0.2, 0) is 25.4 Å². The molecule has 0 saturated heterocycles. The fourth-order valence-corrected chi connectivity index (χ4v) is 3.11. The first kappa shape index (κ1) is 19.2. The van der Waals surface area contributed by atoms with E-state index in [4.69, 9.17) is 4.74 Å². The largest absolute Gasteiger partial charge is 0.457 e. The van der Waals surface area contributed by atoms with E-state index in [1.807, 2.05) is 30.3 Å². The van der Waals surface area contributed by atoms with Crippen LogP contribution < -0.4 is 21.3 Å². The maximum atomic E-state index is 12.7. The van der Waals surface area contributed by atoms with Gasteiger partial charge in [0.05, 0.1) is 6.33 Å². The number of nitrogens with zero attached hydrogens (tertiary/aromatic N) is 4. The summed E-state index contributed by atoms with van der Waals surface area (Å²) in [5, 5.41) is 2.69. The predicted octanol–water partition coefficient (Wildman–Crippen LogP) is 1.86. The molecule has 2 aromatic carbocycles. The summed E-state index contributed by atoms with van der Waals surface area (Å²) in [5.74, 6) is 0.827. The molecule has 0 saturated carbocycles.